The predicted octanol–water partition coefficient (Wildman–Crippen LogP) is 4.57. The third-order valence-electron chi connectivity index (χ3n) is 3.81. The van der Waals surface area contributed by atoms with Crippen LogP contribution in [0.1, 0.15) is 15.9 Å². The summed E-state index contributed by atoms with van der Waals surface area (Å²) in [5.74, 6) is -2.94. The second-order valence-electron chi connectivity index (χ2n) is 6.08. The average Bonchev–Trinajstić information content (AvgIpc) is 3.19. The number of aromatic nitrogens is 1. The Balaban J connectivity index is 1.70. The number of amides is 1. The van der Waals surface area contributed by atoms with Crippen LogP contribution in [-0.4, -0.2) is 25.7 Å². The molecule has 1 heterocycles. The van der Waals surface area contributed by atoms with Crippen LogP contribution in [0.5, 0.6) is 5.75 Å². The molecule has 32 heavy (non-hydrogen) atoms. The first-order valence-electron chi connectivity index (χ1n) is 8.49. The van der Waals surface area contributed by atoms with Crippen LogP contribution >= 0.6 is 22.9 Å². The van der Waals surface area contributed by atoms with Gasteiger partial charge in [-0.15, -0.1) is 24.5 Å². The van der Waals surface area contributed by atoms with E-state index < -0.39 is 33.9 Å². The molecular weight excluding hydrogens is 498 g/mol. The molecule has 0 radical (unpaired) electrons. The minimum Gasteiger partial charge on any atom is -0.403 e. The van der Waals surface area contributed by atoms with Gasteiger partial charge in [0.05, 0.1) is 5.02 Å². The van der Waals surface area contributed by atoms with Crippen LogP contribution < -0.4 is 14.8 Å². The summed E-state index contributed by atoms with van der Waals surface area (Å²) in [5, 5.41) is 3.90. The molecule has 0 atom stereocenters. The molecule has 14 heteroatoms. The summed E-state index contributed by atoms with van der Waals surface area (Å²) in [7, 11) is -4.04. The van der Waals surface area contributed by atoms with Gasteiger partial charge in [0.2, 0.25) is 0 Å². The molecule has 0 fully saturated rings. The van der Waals surface area contributed by atoms with Crippen molar-refractivity contribution in [3.8, 4) is 5.75 Å². The van der Waals surface area contributed by atoms with E-state index in [9.17, 15) is 30.8 Å². The maximum Gasteiger partial charge on any atom is 0.573 e. The second-order valence-corrected chi connectivity index (χ2v) is 9.04. The maximum absolute atomic E-state index is 13.5. The van der Waals surface area contributed by atoms with Gasteiger partial charge in [-0.1, -0.05) is 17.7 Å². The molecule has 2 aromatic carbocycles. The summed E-state index contributed by atoms with van der Waals surface area (Å²) >= 11 is 7.10. The van der Waals surface area contributed by atoms with E-state index in [1.54, 1.807) is 5.38 Å². The Bertz CT molecular complexity index is 1240. The van der Waals surface area contributed by atoms with Gasteiger partial charge in [0.15, 0.2) is 16.7 Å². The fourth-order valence-electron chi connectivity index (χ4n) is 2.45. The van der Waals surface area contributed by atoms with Gasteiger partial charge in [-0.05, 0) is 35.9 Å². The van der Waals surface area contributed by atoms with Gasteiger partial charge in [-0.25, -0.2) is 17.8 Å². The van der Waals surface area contributed by atoms with E-state index in [4.69, 9.17) is 11.6 Å². The van der Waals surface area contributed by atoms with E-state index in [-0.39, 0.29) is 32.7 Å². The number of hydrogen-bond acceptors (Lipinski definition) is 6. The maximum atomic E-state index is 13.5. The number of anilines is 1. The fraction of sp³-hybridized carbons (Fsp3) is 0.111. The van der Waals surface area contributed by atoms with E-state index in [1.807, 2.05) is 0 Å². The lowest BCUT2D eigenvalue weighted by molar-refractivity contribution is -0.275. The highest BCUT2D eigenvalue weighted by atomic mass is 35.5. The Labute approximate surface area is 188 Å². The standard InChI is InChI=1S/C18H12ClF4N3O4S2/c19-12-8-11(2-4-15(12)32(28,29)26-17-24-5-6-31-17)16(27)25-9-10-1-3-13(20)14(7-10)30-18(21,22)23/h1-8H,9H2,(H,24,26)(H,25,27). The number of nitrogens with zero attached hydrogens (tertiary/aromatic N) is 1. The second kappa shape index (κ2) is 9.30. The lowest BCUT2D eigenvalue weighted by Crippen LogP contribution is -2.23. The molecule has 0 aliphatic rings. The number of halogens is 5. The molecule has 3 rings (SSSR count). The zero-order chi connectivity index (χ0) is 23.5. The van der Waals surface area contributed by atoms with Gasteiger partial charge >= 0.3 is 6.36 Å². The van der Waals surface area contributed by atoms with Crippen LogP contribution in [0.2, 0.25) is 5.02 Å². The van der Waals surface area contributed by atoms with Crippen molar-refractivity contribution in [1.29, 1.82) is 0 Å². The molecule has 7 nitrogen and oxygen atoms in total. The van der Waals surface area contributed by atoms with Crippen molar-refractivity contribution in [1.82, 2.24) is 10.3 Å². The van der Waals surface area contributed by atoms with Crippen molar-refractivity contribution in [2.45, 2.75) is 17.8 Å². The highest BCUT2D eigenvalue weighted by Gasteiger charge is 2.32. The van der Waals surface area contributed by atoms with Gasteiger partial charge in [-0.3, -0.25) is 9.52 Å². The molecule has 1 aromatic heterocycles. The molecule has 1 amide bonds. The first-order chi connectivity index (χ1) is 14.9. The molecule has 3 aromatic rings. The van der Waals surface area contributed by atoms with Crippen molar-refractivity contribution in [2.75, 3.05) is 4.72 Å². The van der Waals surface area contributed by atoms with Gasteiger partial charge in [0.25, 0.3) is 15.9 Å². The summed E-state index contributed by atoms with van der Waals surface area (Å²) in [5.41, 5.74) is 0.133. The van der Waals surface area contributed by atoms with Crippen LogP contribution in [-0.2, 0) is 16.6 Å². The Hall–Kier alpha value is -2.90. The number of thiazole rings is 1. The molecular formula is C18H12ClF4N3O4S2. The minimum atomic E-state index is -5.07. The Kier molecular flexibility index (Phi) is 6.91. The molecule has 0 bridgehead atoms. The van der Waals surface area contributed by atoms with Crippen molar-refractivity contribution in [3.05, 3.63) is 69.9 Å². The summed E-state index contributed by atoms with van der Waals surface area (Å²) < 4.78 is 81.1. The number of benzene rings is 2. The highest BCUT2D eigenvalue weighted by molar-refractivity contribution is 7.93. The Morgan fingerprint density at radius 2 is 1.94 bits per heavy atom. The predicted molar refractivity (Wildman–Crippen MR) is 109 cm³/mol. The number of rotatable bonds is 7. The normalized spacial score (nSPS) is 11.8. The van der Waals surface area contributed by atoms with Crippen molar-refractivity contribution in [3.63, 3.8) is 0 Å². The zero-order valence-corrected chi connectivity index (χ0v) is 18.0. The molecule has 0 spiro atoms. The minimum absolute atomic E-state index is 0.00271. The number of sulfonamides is 1. The van der Waals surface area contributed by atoms with Crippen LogP contribution in [0.4, 0.5) is 22.7 Å². The molecule has 2 N–H and O–H groups in total. The monoisotopic (exact) mass is 509 g/mol. The first-order valence-corrected chi connectivity index (χ1v) is 11.2. The molecule has 0 aliphatic heterocycles. The van der Waals surface area contributed by atoms with E-state index in [0.29, 0.717) is 0 Å². The zero-order valence-electron chi connectivity index (χ0n) is 15.6. The lowest BCUT2D eigenvalue weighted by Gasteiger charge is -2.12. The highest BCUT2D eigenvalue weighted by Crippen LogP contribution is 2.27. The third kappa shape index (κ3) is 6.08. The van der Waals surface area contributed by atoms with Crippen molar-refractivity contribution in [2.24, 2.45) is 0 Å². The number of carbonyl (C=O) groups is 1. The molecule has 0 unspecified atom stereocenters. The van der Waals surface area contributed by atoms with Gasteiger partial charge in [-0.2, -0.15) is 0 Å². The van der Waals surface area contributed by atoms with Gasteiger partial charge in [0.1, 0.15) is 4.90 Å². The van der Waals surface area contributed by atoms with E-state index >= 15 is 0 Å². The van der Waals surface area contributed by atoms with Crippen LogP contribution in [0.25, 0.3) is 0 Å². The van der Waals surface area contributed by atoms with Crippen LogP contribution in [0, 0.1) is 5.82 Å². The molecule has 0 saturated heterocycles. The largest absolute Gasteiger partial charge is 0.573 e. The number of ether oxygens (including phenoxy) is 1. The quantitative estimate of drug-likeness (QED) is 0.455. The van der Waals surface area contributed by atoms with Gasteiger partial charge < -0.3 is 10.1 Å². The summed E-state index contributed by atoms with van der Waals surface area (Å²) in [6, 6.07) is 6.20. The smallest absolute Gasteiger partial charge is 0.403 e. The molecule has 0 aliphatic carbocycles. The van der Waals surface area contributed by atoms with E-state index in [0.717, 1.165) is 35.6 Å². The van der Waals surface area contributed by atoms with E-state index in [2.05, 4.69) is 19.8 Å². The molecule has 170 valence electrons. The molecule has 0 saturated carbocycles. The fourth-order valence-corrected chi connectivity index (χ4v) is 4.78. The van der Waals surface area contributed by atoms with Crippen LogP contribution in [0.15, 0.2) is 52.9 Å². The average molecular weight is 510 g/mol. The third-order valence-corrected chi connectivity index (χ3v) is 6.45. The SMILES string of the molecule is O=C(NCc1ccc(F)c(OC(F)(F)F)c1)c1ccc(S(=O)(=O)Nc2nccs2)c(Cl)c1. The number of carbonyl (C=O) groups excluding carboxylic acids is 1. The van der Waals surface area contributed by atoms with Crippen molar-refractivity contribution >= 4 is 44.0 Å². The number of nitrogens with one attached hydrogen (secondary N) is 2. The first kappa shape index (κ1) is 23.8. The van der Waals surface area contributed by atoms with E-state index in [1.165, 1.54) is 18.3 Å². The lowest BCUT2D eigenvalue weighted by atomic mass is 10.2. The number of alkyl halides is 3. The Morgan fingerprint density at radius 1 is 1.19 bits per heavy atom. The summed E-state index contributed by atoms with van der Waals surface area (Å²) in [6.07, 6.45) is -3.66. The topological polar surface area (TPSA) is 97.4 Å². The van der Waals surface area contributed by atoms with Gasteiger partial charge in [0, 0.05) is 23.7 Å². The Morgan fingerprint density at radius 3 is 2.56 bits per heavy atom. The van der Waals surface area contributed by atoms with Crippen LogP contribution in [0.3, 0.4) is 0 Å². The summed E-state index contributed by atoms with van der Waals surface area (Å²) in [4.78, 5) is 15.9. The van der Waals surface area contributed by atoms with Crippen molar-refractivity contribution < 1.29 is 35.5 Å². The summed E-state index contributed by atoms with van der Waals surface area (Å²) in [6.45, 7) is -0.253. The number of hydrogen-bond donors (Lipinski definition) is 2.